The van der Waals surface area contributed by atoms with Gasteiger partial charge in [-0.3, -0.25) is 14.9 Å². The second-order valence-corrected chi connectivity index (χ2v) is 9.49. The highest BCUT2D eigenvalue weighted by Gasteiger charge is 2.48. The van der Waals surface area contributed by atoms with E-state index in [1.165, 1.54) is 10.4 Å². The van der Waals surface area contributed by atoms with Gasteiger partial charge in [0.1, 0.15) is 6.10 Å². The topological polar surface area (TPSA) is 113 Å². The van der Waals surface area contributed by atoms with Gasteiger partial charge in [-0.2, -0.15) is 0 Å². The first-order valence-electron chi connectivity index (χ1n) is 8.97. The molecule has 2 N–H and O–H groups in total. The number of anilines is 1. The molecule has 2 amide bonds. The van der Waals surface area contributed by atoms with Crippen LogP contribution < -0.4 is 10.4 Å². The number of sulfone groups is 1. The number of nitrogens with zero attached hydrogens (tertiary/aromatic N) is 1. The van der Waals surface area contributed by atoms with Gasteiger partial charge in [0.2, 0.25) is 6.43 Å². The number of alkyl halides is 2. The molecule has 1 fully saturated rings. The molecular weight excluding hydrogens is 422 g/mol. The highest BCUT2D eigenvalue weighted by molar-refractivity contribution is 7.92. The minimum absolute atomic E-state index is 0.00205. The van der Waals surface area contributed by atoms with Crippen molar-refractivity contribution in [3.63, 3.8) is 0 Å². The van der Waals surface area contributed by atoms with Crippen LogP contribution in [0.3, 0.4) is 0 Å². The molecule has 1 saturated heterocycles. The van der Waals surface area contributed by atoms with Gasteiger partial charge in [-0.1, -0.05) is 11.8 Å². The molecule has 0 aliphatic carbocycles. The van der Waals surface area contributed by atoms with Crippen LogP contribution in [0.4, 0.5) is 19.3 Å². The van der Waals surface area contributed by atoms with E-state index in [0.717, 1.165) is 13.2 Å². The largest absolute Gasteiger partial charge is 0.444 e. The summed E-state index contributed by atoms with van der Waals surface area (Å²) in [6, 6.07) is 6.42. The molecule has 0 spiro atoms. The standard InChI is InChI=1S/C19H22F2N2O6S/c1-19(17(24)22-26,30(2,27)28)11-15-12-23(18(25)29-15)14-9-7-13(8-10-14)5-3-4-6-16(20)21/h7-10,15-16,26H,4,6,11-12H2,1-2H3,(H,22,24)/t15-,19+/m0/s1. The number of rotatable bonds is 7. The van der Waals surface area contributed by atoms with Gasteiger partial charge in [0, 0.05) is 36.8 Å². The van der Waals surface area contributed by atoms with Gasteiger partial charge in [-0.15, -0.1) is 0 Å². The second kappa shape index (κ2) is 9.40. The third-order valence-corrected chi connectivity index (χ3v) is 6.78. The van der Waals surface area contributed by atoms with E-state index in [1.54, 1.807) is 24.3 Å². The van der Waals surface area contributed by atoms with Crippen molar-refractivity contribution in [1.82, 2.24) is 5.48 Å². The van der Waals surface area contributed by atoms with Gasteiger partial charge >= 0.3 is 6.09 Å². The summed E-state index contributed by atoms with van der Waals surface area (Å²) in [5, 5.41) is 8.89. The summed E-state index contributed by atoms with van der Waals surface area (Å²) in [5.74, 6) is 4.28. The van der Waals surface area contributed by atoms with Crippen LogP contribution in [0.15, 0.2) is 24.3 Å². The van der Waals surface area contributed by atoms with Crippen LogP contribution in [-0.4, -0.2) is 55.7 Å². The van der Waals surface area contributed by atoms with Crippen molar-refractivity contribution in [2.75, 3.05) is 17.7 Å². The number of carbonyl (C=O) groups is 2. The van der Waals surface area contributed by atoms with Crippen LogP contribution in [0, 0.1) is 11.8 Å². The maximum absolute atomic E-state index is 12.2. The molecule has 8 nitrogen and oxygen atoms in total. The molecule has 11 heteroatoms. The van der Waals surface area contributed by atoms with Crippen LogP contribution in [0.5, 0.6) is 0 Å². The molecule has 0 radical (unpaired) electrons. The minimum atomic E-state index is -3.93. The predicted molar refractivity (Wildman–Crippen MR) is 104 cm³/mol. The van der Waals surface area contributed by atoms with Crippen molar-refractivity contribution in [1.29, 1.82) is 0 Å². The Kier molecular flexibility index (Phi) is 7.39. The third kappa shape index (κ3) is 5.46. The summed E-state index contributed by atoms with van der Waals surface area (Å²) in [5.41, 5.74) is 2.40. The molecule has 1 aliphatic rings. The molecular formula is C19H22F2N2O6S. The zero-order valence-electron chi connectivity index (χ0n) is 16.4. The first-order chi connectivity index (χ1) is 14.0. The number of benzene rings is 1. The minimum Gasteiger partial charge on any atom is -0.444 e. The summed E-state index contributed by atoms with van der Waals surface area (Å²) < 4.78 is 51.6. The summed E-state index contributed by atoms with van der Waals surface area (Å²) in [4.78, 5) is 25.4. The normalized spacial score (nSPS) is 18.4. The Morgan fingerprint density at radius 1 is 1.40 bits per heavy atom. The lowest BCUT2D eigenvalue weighted by Gasteiger charge is -2.26. The first kappa shape index (κ1) is 23.6. The lowest BCUT2D eigenvalue weighted by molar-refractivity contribution is -0.132. The molecule has 2 rings (SSSR count). The van der Waals surface area contributed by atoms with E-state index in [-0.39, 0.29) is 25.8 Å². The number of carbonyl (C=O) groups excluding carboxylic acids is 2. The van der Waals surface area contributed by atoms with Crippen molar-refractivity contribution in [2.45, 2.75) is 43.5 Å². The Balaban J connectivity index is 2.09. The van der Waals surface area contributed by atoms with Crippen molar-refractivity contribution in [3.8, 4) is 11.8 Å². The zero-order valence-corrected chi connectivity index (χ0v) is 17.2. The Hall–Kier alpha value is -2.71. The molecule has 164 valence electrons. The average Bonchev–Trinajstić information content (AvgIpc) is 3.03. The maximum Gasteiger partial charge on any atom is 0.414 e. The van der Waals surface area contributed by atoms with Gasteiger partial charge in [0.15, 0.2) is 14.6 Å². The van der Waals surface area contributed by atoms with Crippen LogP contribution in [0.1, 0.15) is 31.7 Å². The molecule has 0 saturated carbocycles. The number of hydrogen-bond donors (Lipinski definition) is 2. The first-order valence-corrected chi connectivity index (χ1v) is 10.9. The van der Waals surface area contributed by atoms with E-state index in [9.17, 15) is 26.8 Å². The quantitative estimate of drug-likeness (QED) is 0.378. The average molecular weight is 444 g/mol. The fourth-order valence-corrected chi connectivity index (χ4v) is 3.75. The van der Waals surface area contributed by atoms with Crippen molar-refractivity contribution in [2.24, 2.45) is 0 Å². The number of ether oxygens (including phenoxy) is 1. The maximum atomic E-state index is 12.2. The molecule has 0 unspecified atom stereocenters. The number of nitrogens with one attached hydrogen (secondary N) is 1. The lowest BCUT2D eigenvalue weighted by Crippen LogP contribution is -2.51. The summed E-state index contributed by atoms with van der Waals surface area (Å²) in [6.45, 7) is 1.15. The highest BCUT2D eigenvalue weighted by atomic mass is 32.2. The fourth-order valence-electron chi connectivity index (χ4n) is 2.87. The molecule has 0 bridgehead atoms. The summed E-state index contributed by atoms with van der Waals surface area (Å²) in [6.07, 6.45) is -3.72. The van der Waals surface area contributed by atoms with Gasteiger partial charge in [0.25, 0.3) is 5.91 Å². The van der Waals surface area contributed by atoms with Crippen molar-refractivity contribution >= 4 is 27.5 Å². The van der Waals surface area contributed by atoms with Crippen LogP contribution in [0.2, 0.25) is 0 Å². The number of halogens is 2. The highest BCUT2D eigenvalue weighted by Crippen LogP contribution is 2.30. The third-order valence-electron chi connectivity index (χ3n) is 4.79. The molecule has 0 aromatic heterocycles. The van der Waals surface area contributed by atoms with Gasteiger partial charge in [-0.25, -0.2) is 27.5 Å². The van der Waals surface area contributed by atoms with Crippen LogP contribution in [0.25, 0.3) is 0 Å². The molecule has 1 aliphatic heterocycles. The SMILES string of the molecule is C[C@@](C[C@H]1CN(c2ccc(C#CCCC(F)F)cc2)C(=O)O1)(C(=O)NO)S(C)(=O)=O. The number of cyclic esters (lactones) is 1. The lowest BCUT2D eigenvalue weighted by atomic mass is 10.0. The Bertz CT molecular complexity index is 955. The van der Waals surface area contributed by atoms with E-state index >= 15 is 0 Å². The molecule has 2 atom stereocenters. The van der Waals surface area contributed by atoms with E-state index in [1.807, 2.05) is 0 Å². The monoisotopic (exact) mass is 444 g/mol. The van der Waals surface area contributed by atoms with Crippen LogP contribution in [-0.2, 0) is 19.4 Å². The van der Waals surface area contributed by atoms with Crippen molar-refractivity contribution < 1.29 is 36.7 Å². The zero-order chi connectivity index (χ0) is 22.5. The van der Waals surface area contributed by atoms with Gasteiger partial charge in [0.05, 0.1) is 6.54 Å². The van der Waals surface area contributed by atoms with Gasteiger partial charge < -0.3 is 4.74 Å². The Morgan fingerprint density at radius 3 is 2.57 bits per heavy atom. The smallest absolute Gasteiger partial charge is 0.414 e. The fraction of sp³-hybridized carbons (Fsp3) is 0.474. The Labute approximate surface area is 173 Å². The number of amides is 2. The Morgan fingerprint density at radius 2 is 2.03 bits per heavy atom. The predicted octanol–water partition coefficient (Wildman–Crippen LogP) is 2.11. The van der Waals surface area contributed by atoms with E-state index in [2.05, 4.69) is 11.8 Å². The molecule has 1 heterocycles. The van der Waals surface area contributed by atoms with E-state index in [4.69, 9.17) is 9.94 Å². The molecule has 1 aromatic rings. The second-order valence-electron chi connectivity index (χ2n) is 7.04. The van der Waals surface area contributed by atoms with Gasteiger partial charge in [-0.05, 0) is 31.2 Å². The van der Waals surface area contributed by atoms with E-state index in [0.29, 0.717) is 11.3 Å². The molecule has 30 heavy (non-hydrogen) atoms. The van der Waals surface area contributed by atoms with E-state index < -0.39 is 39.1 Å². The molecule has 1 aromatic carbocycles. The summed E-state index contributed by atoms with van der Waals surface area (Å²) >= 11 is 0. The summed E-state index contributed by atoms with van der Waals surface area (Å²) in [7, 11) is -3.93. The number of hydrogen-bond acceptors (Lipinski definition) is 6. The number of hydroxylamine groups is 1. The van der Waals surface area contributed by atoms with Crippen LogP contribution >= 0.6 is 0 Å². The van der Waals surface area contributed by atoms with Crippen molar-refractivity contribution in [3.05, 3.63) is 29.8 Å².